The second-order valence-corrected chi connectivity index (χ2v) is 12.3. The molecule has 1 saturated heterocycles. The Morgan fingerprint density at radius 1 is 1.21 bits per heavy atom. The first-order valence-corrected chi connectivity index (χ1v) is 13.4. The molecule has 34 heavy (non-hydrogen) atoms. The molecule has 0 spiro atoms. The van der Waals surface area contributed by atoms with Crippen LogP contribution >= 0.6 is 11.3 Å². The average molecular weight is 493 g/mol. The zero-order valence-electron chi connectivity index (χ0n) is 22.0. The molecule has 1 aliphatic heterocycles. The molecule has 1 aromatic rings. The summed E-state index contributed by atoms with van der Waals surface area (Å²) in [5.74, 6) is -0.160. The van der Waals surface area contributed by atoms with Gasteiger partial charge < -0.3 is 15.5 Å². The van der Waals surface area contributed by atoms with Gasteiger partial charge in [-0.15, -0.1) is 11.3 Å². The summed E-state index contributed by atoms with van der Waals surface area (Å²) in [6.45, 7) is 13.3. The van der Waals surface area contributed by atoms with Gasteiger partial charge >= 0.3 is 0 Å². The van der Waals surface area contributed by atoms with Gasteiger partial charge in [0.2, 0.25) is 5.91 Å². The fourth-order valence-corrected chi connectivity index (χ4v) is 5.49. The maximum Gasteiger partial charge on any atom is 0.223 e. The SMILES string of the molecule is C/C(=C\c1csc(C)n1)[C@@H]1CC[C@](C)(O)CCC[C@H](C)C[C@@H](C)C(=O)C(C)(C)[C@@H](O)CC(=O)N1. The molecule has 2 rings (SSSR count). The molecule has 1 aromatic heterocycles. The van der Waals surface area contributed by atoms with Crippen molar-refractivity contribution in [2.45, 2.75) is 111 Å². The van der Waals surface area contributed by atoms with Crippen LogP contribution in [0.3, 0.4) is 0 Å². The van der Waals surface area contributed by atoms with E-state index in [1.807, 2.05) is 39.2 Å². The van der Waals surface area contributed by atoms with E-state index in [0.717, 1.165) is 35.5 Å². The highest BCUT2D eigenvalue weighted by Crippen LogP contribution is 2.32. The second kappa shape index (κ2) is 11.9. The Morgan fingerprint density at radius 2 is 1.88 bits per heavy atom. The smallest absolute Gasteiger partial charge is 0.223 e. The van der Waals surface area contributed by atoms with E-state index >= 15 is 0 Å². The van der Waals surface area contributed by atoms with Crippen LogP contribution in [-0.4, -0.2) is 44.6 Å². The minimum Gasteiger partial charge on any atom is -0.392 e. The predicted molar refractivity (Wildman–Crippen MR) is 138 cm³/mol. The number of hydrogen-bond acceptors (Lipinski definition) is 6. The minimum atomic E-state index is -1.07. The summed E-state index contributed by atoms with van der Waals surface area (Å²) in [5, 5.41) is 27.9. The van der Waals surface area contributed by atoms with Crippen molar-refractivity contribution < 1.29 is 19.8 Å². The normalized spacial score (nSPS) is 32.9. The van der Waals surface area contributed by atoms with Crippen molar-refractivity contribution in [3.05, 3.63) is 21.7 Å². The van der Waals surface area contributed by atoms with E-state index in [1.54, 1.807) is 25.2 Å². The van der Waals surface area contributed by atoms with Gasteiger partial charge in [-0.05, 0) is 64.0 Å². The van der Waals surface area contributed by atoms with Gasteiger partial charge in [0.15, 0.2) is 0 Å². The molecule has 3 N–H and O–H groups in total. The fraction of sp³-hybridized carbons (Fsp3) is 0.741. The van der Waals surface area contributed by atoms with Crippen molar-refractivity contribution in [2.24, 2.45) is 17.3 Å². The van der Waals surface area contributed by atoms with Crippen LogP contribution in [0.5, 0.6) is 0 Å². The molecule has 0 unspecified atom stereocenters. The molecule has 0 aliphatic carbocycles. The summed E-state index contributed by atoms with van der Waals surface area (Å²) in [6.07, 6.45) is 5.13. The van der Waals surface area contributed by atoms with Crippen molar-refractivity contribution in [3.8, 4) is 0 Å². The number of Topliss-reactive ketones (excluding diaryl/α,β-unsaturated/α-hetero) is 1. The number of nitrogens with one attached hydrogen (secondary N) is 1. The van der Waals surface area contributed by atoms with Gasteiger partial charge in [-0.25, -0.2) is 4.98 Å². The molecule has 5 atom stereocenters. The highest BCUT2D eigenvalue weighted by Gasteiger charge is 2.39. The summed E-state index contributed by atoms with van der Waals surface area (Å²) in [6, 6.07) is -0.294. The van der Waals surface area contributed by atoms with Crippen LogP contribution < -0.4 is 5.32 Å². The number of aromatic nitrogens is 1. The number of hydrogen-bond donors (Lipinski definition) is 3. The number of aliphatic hydroxyl groups is 2. The number of nitrogens with zero attached hydrogens (tertiary/aromatic N) is 1. The molecule has 0 aromatic carbocycles. The van der Waals surface area contributed by atoms with E-state index in [0.29, 0.717) is 25.2 Å². The molecule has 1 fully saturated rings. The summed E-state index contributed by atoms with van der Waals surface area (Å²) in [4.78, 5) is 30.6. The van der Waals surface area contributed by atoms with E-state index in [2.05, 4.69) is 17.2 Å². The third-order valence-electron chi connectivity index (χ3n) is 7.33. The maximum absolute atomic E-state index is 13.2. The van der Waals surface area contributed by atoms with E-state index < -0.39 is 17.1 Å². The number of amides is 1. The number of carbonyl (C=O) groups excluding carboxylic acids is 2. The van der Waals surface area contributed by atoms with Crippen LogP contribution in [0.2, 0.25) is 0 Å². The molecule has 1 aliphatic rings. The van der Waals surface area contributed by atoms with Gasteiger partial charge in [0.1, 0.15) is 5.78 Å². The van der Waals surface area contributed by atoms with Gasteiger partial charge in [-0.1, -0.05) is 40.5 Å². The number of aryl methyl sites for hydroxylation is 1. The lowest BCUT2D eigenvalue weighted by atomic mass is 9.73. The van der Waals surface area contributed by atoms with Crippen molar-refractivity contribution in [1.29, 1.82) is 0 Å². The standard InChI is InChI=1S/C27H44N2O4S/c1-17-9-8-11-27(7,33)12-10-22(18(2)14-21-16-34-20(4)28-21)29-24(31)15-23(30)26(5,6)25(32)19(3)13-17/h14,16-17,19,22-23,30,33H,8-13,15H2,1-7H3,(H,29,31)/b18-14+/t17-,19+,22-,23-,27+/m0/s1. The first-order chi connectivity index (χ1) is 15.7. The van der Waals surface area contributed by atoms with Crippen LogP contribution in [0.15, 0.2) is 11.0 Å². The molecular formula is C27H44N2O4S. The highest BCUT2D eigenvalue weighted by atomic mass is 32.1. The first-order valence-electron chi connectivity index (χ1n) is 12.6. The fourth-order valence-electron chi connectivity index (χ4n) is 4.92. The summed E-state index contributed by atoms with van der Waals surface area (Å²) < 4.78 is 0. The Bertz CT molecular complexity index is 874. The number of carbonyl (C=O) groups is 2. The van der Waals surface area contributed by atoms with Crippen molar-refractivity contribution >= 4 is 29.1 Å². The Hall–Kier alpha value is -1.57. The van der Waals surface area contributed by atoms with Crippen LogP contribution in [-0.2, 0) is 9.59 Å². The predicted octanol–water partition coefficient (Wildman–Crippen LogP) is 5.06. The monoisotopic (exact) mass is 492 g/mol. The quantitative estimate of drug-likeness (QED) is 0.536. The highest BCUT2D eigenvalue weighted by molar-refractivity contribution is 7.09. The summed E-state index contributed by atoms with van der Waals surface area (Å²) in [5.41, 5.74) is -0.0406. The van der Waals surface area contributed by atoms with E-state index in [1.165, 1.54) is 0 Å². The van der Waals surface area contributed by atoms with Crippen LogP contribution in [0, 0.1) is 24.2 Å². The maximum atomic E-state index is 13.2. The number of aliphatic hydroxyl groups excluding tert-OH is 1. The van der Waals surface area contributed by atoms with Gasteiger partial charge in [0, 0.05) is 11.3 Å². The van der Waals surface area contributed by atoms with E-state index in [9.17, 15) is 19.8 Å². The largest absolute Gasteiger partial charge is 0.392 e. The number of ketones is 1. The Kier molecular flexibility index (Phi) is 10.0. The van der Waals surface area contributed by atoms with Crippen molar-refractivity contribution in [2.75, 3.05) is 0 Å². The molecule has 1 amide bonds. The van der Waals surface area contributed by atoms with Gasteiger partial charge in [0.25, 0.3) is 0 Å². The van der Waals surface area contributed by atoms with Gasteiger partial charge in [-0.3, -0.25) is 9.59 Å². The Morgan fingerprint density at radius 3 is 2.50 bits per heavy atom. The minimum absolute atomic E-state index is 0.00901. The molecule has 6 nitrogen and oxygen atoms in total. The van der Waals surface area contributed by atoms with Gasteiger partial charge in [0.05, 0.1) is 40.3 Å². The molecule has 0 bridgehead atoms. The number of rotatable bonds is 2. The molecule has 0 saturated carbocycles. The molecule has 0 radical (unpaired) electrons. The zero-order valence-corrected chi connectivity index (χ0v) is 22.8. The third kappa shape index (κ3) is 8.28. The summed E-state index contributed by atoms with van der Waals surface area (Å²) >= 11 is 1.57. The zero-order chi connectivity index (χ0) is 25.7. The van der Waals surface area contributed by atoms with Crippen molar-refractivity contribution in [3.63, 3.8) is 0 Å². The molecular weight excluding hydrogens is 448 g/mol. The van der Waals surface area contributed by atoms with E-state index in [-0.39, 0.29) is 30.1 Å². The Labute approximate surface area is 209 Å². The third-order valence-corrected chi connectivity index (χ3v) is 8.12. The second-order valence-electron chi connectivity index (χ2n) is 11.3. The van der Waals surface area contributed by atoms with Crippen molar-refractivity contribution in [1.82, 2.24) is 10.3 Å². The molecule has 7 heteroatoms. The van der Waals surface area contributed by atoms with E-state index in [4.69, 9.17) is 0 Å². The lowest BCUT2D eigenvalue weighted by Crippen LogP contribution is -2.45. The van der Waals surface area contributed by atoms with Crippen LogP contribution in [0.25, 0.3) is 6.08 Å². The van der Waals surface area contributed by atoms with Crippen LogP contribution in [0.1, 0.15) is 97.2 Å². The lowest BCUT2D eigenvalue weighted by molar-refractivity contribution is -0.139. The van der Waals surface area contributed by atoms with Crippen LogP contribution in [0.4, 0.5) is 0 Å². The van der Waals surface area contributed by atoms with Gasteiger partial charge in [-0.2, -0.15) is 0 Å². The number of thiazole rings is 1. The first kappa shape index (κ1) is 28.7. The average Bonchev–Trinajstić information content (AvgIpc) is 3.13. The molecule has 2 heterocycles. The summed E-state index contributed by atoms with van der Waals surface area (Å²) in [7, 11) is 0. The molecule has 192 valence electrons. The Balaban J connectivity index is 2.29. The topological polar surface area (TPSA) is 99.5 Å². The lowest BCUT2D eigenvalue weighted by Gasteiger charge is -2.33.